The SMILES string of the molecule is CCc1ccc2ncnc(NC(CC(N)=O)C(=O)O)c2c1. The third-order valence-corrected chi connectivity index (χ3v) is 3.12. The molecule has 21 heavy (non-hydrogen) atoms. The average molecular weight is 288 g/mol. The fourth-order valence-electron chi connectivity index (χ4n) is 2.01. The second kappa shape index (κ2) is 6.17. The molecule has 1 aromatic carbocycles. The highest BCUT2D eigenvalue weighted by molar-refractivity contribution is 5.92. The molecule has 1 aromatic heterocycles. The van der Waals surface area contributed by atoms with Crippen molar-refractivity contribution >= 4 is 28.6 Å². The van der Waals surface area contributed by atoms with Gasteiger partial charge in [-0.1, -0.05) is 13.0 Å². The standard InChI is InChI=1S/C14H16N4O3/c1-2-8-3-4-10-9(5-8)13(17-7-16-10)18-11(14(20)21)6-12(15)19/h3-5,7,11H,2,6H2,1H3,(H2,15,19)(H,20,21)(H,16,17,18). The lowest BCUT2D eigenvalue weighted by Gasteiger charge is -2.15. The third kappa shape index (κ3) is 3.44. The first-order valence-electron chi connectivity index (χ1n) is 6.52. The lowest BCUT2D eigenvalue weighted by atomic mass is 10.1. The number of aryl methyl sites for hydroxylation is 1. The number of fused-ring (bicyclic) bond motifs is 1. The molecular formula is C14H16N4O3. The van der Waals surface area contributed by atoms with Crippen molar-refractivity contribution in [3.63, 3.8) is 0 Å². The normalized spacial score (nSPS) is 12.0. The quantitative estimate of drug-likeness (QED) is 0.727. The number of hydrogen-bond acceptors (Lipinski definition) is 5. The van der Waals surface area contributed by atoms with Gasteiger partial charge in [-0.25, -0.2) is 14.8 Å². The Balaban J connectivity index is 2.40. The molecule has 0 saturated heterocycles. The maximum Gasteiger partial charge on any atom is 0.326 e. The van der Waals surface area contributed by atoms with Crippen molar-refractivity contribution < 1.29 is 14.7 Å². The van der Waals surface area contributed by atoms with Crippen molar-refractivity contribution in [1.82, 2.24) is 9.97 Å². The second-order valence-electron chi connectivity index (χ2n) is 4.63. The summed E-state index contributed by atoms with van der Waals surface area (Å²) in [6.07, 6.45) is 1.88. The molecule has 0 aliphatic heterocycles. The Bertz CT molecular complexity index is 687. The zero-order valence-electron chi connectivity index (χ0n) is 11.5. The lowest BCUT2D eigenvalue weighted by Crippen LogP contribution is -2.34. The number of nitrogens with one attached hydrogen (secondary N) is 1. The maximum absolute atomic E-state index is 11.2. The summed E-state index contributed by atoms with van der Waals surface area (Å²) in [6.45, 7) is 2.02. The van der Waals surface area contributed by atoms with Crippen molar-refractivity contribution in [2.45, 2.75) is 25.8 Å². The highest BCUT2D eigenvalue weighted by Gasteiger charge is 2.21. The molecule has 1 atom stereocenters. The minimum absolute atomic E-state index is 0.311. The Morgan fingerprint density at radius 3 is 2.76 bits per heavy atom. The number of carboxylic acids is 1. The number of carboxylic acid groups (broad SMARTS) is 1. The van der Waals surface area contributed by atoms with E-state index in [1.165, 1.54) is 6.33 Å². The van der Waals surface area contributed by atoms with E-state index in [-0.39, 0.29) is 6.42 Å². The third-order valence-electron chi connectivity index (χ3n) is 3.12. The molecular weight excluding hydrogens is 272 g/mol. The number of aromatic nitrogens is 2. The molecule has 0 bridgehead atoms. The molecule has 0 aliphatic carbocycles. The summed E-state index contributed by atoms with van der Waals surface area (Å²) in [5.41, 5.74) is 6.86. The van der Waals surface area contributed by atoms with E-state index in [0.29, 0.717) is 16.7 Å². The zero-order valence-corrected chi connectivity index (χ0v) is 11.5. The van der Waals surface area contributed by atoms with Gasteiger partial charge in [-0.2, -0.15) is 0 Å². The molecule has 1 heterocycles. The summed E-state index contributed by atoms with van der Waals surface area (Å²) in [5.74, 6) is -1.47. The molecule has 0 fully saturated rings. The molecule has 2 aromatic rings. The summed E-state index contributed by atoms with van der Waals surface area (Å²) in [5, 5.41) is 12.6. The van der Waals surface area contributed by atoms with Crippen LogP contribution < -0.4 is 11.1 Å². The fourth-order valence-corrected chi connectivity index (χ4v) is 2.01. The first-order valence-corrected chi connectivity index (χ1v) is 6.52. The summed E-state index contributed by atoms with van der Waals surface area (Å²) in [6, 6.07) is 4.59. The Morgan fingerprint density at radius 1 is 1.38 bits per heavy atom. The highest BCUT2D eigenvalue weighted by Crippen LogP contribution is 2.22. The van der Waals surface area contributed by atoms with Gasteiger partial charge < -0.3 is 16.2 Å². The van der Waals surface area contributed by atoms with Crippen LogP contribution in [0.25, 0.3) is 10.9 Å². The Hall–Kier alpha value is -2.70. The van der Waals surface area contributed by atoms with E-state index in [0.717, 1.165) is 12.0 Å². The second-order valence-corrected chi connectivity index (χ2v) is 4.63. The van der Waals surface area contributed by atoms with Crippen LogP contribution in [-0.2, 0) is 16.0 Å². The Labute approximate surface area is 121 Å². The van der Waals surface area contributed by atoms with Gasteiger partial charge in [0.1, 0.15) is 18.2 Å². The molecule has 1 amide bonds. The molecule has 0 radical (unpaired) electrons. The number of carbonyl (C=O) groups is 2. The molecule has 1 unspecified atom stereocenters. The number of primary amides is 1. The van der Waals surface area contributed by atoms with Gasteiger partial charge in [0.15, 0.2) is 0 Å². The summed E-state index contributed by atoms with van der Waals surface area (Å²) >= 11 is 0. The largest absolute Gasteiger partial charge is 0.480 e. The van der Waals surface area contributed by atoms with Gasteiger partial charge in [0.05, 0.1) is 11.9 Å². The number of amides is 1. The van der Waals surface area contributed by atoms with Crippen molar-refractivity contribution in [3.8, 4) is 0 Å². The van der Waals surface area contributed by atoms with E-state index >= 15 is 0 Å². The van der Waals surface area contributed by atoms with Gasteiger partial charge in [0, 0.05) is 5.39 Å². The zero-order chi connectivity index (χ0) is 15.4. The number of nitrogens with zero attached hydrogens (tertiary/aromatic N) is 2. The Kier molecular flexibility index (Phi) is 4.32. The molecule has 110 valence electrons. The number of benzene rings is 1. The minimum Gasteiger partial charge on any atom is -0.480 e. The summed E-state index contributed by atoms with van der Waals surface area (Å²) < 4.78 is 0. The van der Waals surface area contributed by atoms with E-state index in [4.69, 9.17) is 10.8 Å². The van der Waals surface area contributed by atoms with E-state index in [1.54, 1.807) is 0 Å². The van der Waals surface area contributed by atoms with E-state index in [1.807, 2.05) is 25.1 Å². The molecule has 7 nitrogen and oxygen atoms in total. The average Bonchev–Trinajstić information content (AvgIpc) is 2.45. The lowest BCUT2D eigenvalue weighted by molar-refractivity contribution is -0.139. The molecule has 2 rings (SSSR count). The van der Waals surface area contributed by atoms with Crippen LogP contribution in [0, 0.1) is 0 Å². The van der Waals surface area contributed by atoms with Crippen LogP contribution in [0.15, 0.2) is 24.5 Å². The maximum atomic E-state index is 11.2. The molecule has 0 spiro atoms. The number of carbonyl (C=O) groups excluding carboxylic acids is 1. The molecule has 0 saturated carbocycles. The van der Waals surface area contributed by atoms with Crippen LogP contribution in [0.2, 0.25) is 0 Å². The van der Waals surface area contributed by atoms with Crippen LogP contribution >= 0.6 is 0 Å². The number of rotatable bonds is 6. The number of aliphatic carboxylic acids is 1. The van der Waals surface area contributed by atoms with Crippen LogP contribution in [0.5, 0.6) is 0 Å². The molecule has 7 heteroatoms. The van der Waals surface area contributed by atoms with E-state index in [2.05, 4.69) is 15.3 Å². The van der Waals surface area contributed by atoms with Crippen LogP contribution in [-0.4, -0.2) is 33.0 Å². The van der Waals surface area contributed by atoms with Gasteiger partial charge in [-0.3, -0.25) is 4.79 Å². The topological polar surface area (TPSA) is 118 Å². The van der Waals surface area contributed by atoms with Gasteiger partial charge in [-0.15, -0.1) is 0 Å². The van der Waals surface area contributed by atoms with Crippen molar-refractivity contribution in [2.24, 2.45) is 5.73 Å². The van der Waals surface area contributed by atoms with E-state index < -0.39 is 17.9 Å². The first-order chi connectivity index (χ1) is 10.0. The van der Waals surface area contributed by atoms with Crippen LogP contribution in [0.1, 0.15) is 18.9 Å². The smallest absolute Gasteiger partial charge is 0.326 e. The van der Waals surface area contributed by atoms with Gasteiger partial charge in [0.25, 0.3) is 0 Å². The summed E-state index contributed by atoms with van der Waals surface area (Å²) in [4.78, 5) is 30.4. The highest BCUT2D eigenvalue weighted by atomic mass is 16.4. The number of hydrogen-bond donors (Lipinski definition) is 3. The Morgan fingerprint density at radius 2 is 2.14 bits per heavy atom. The fraction of sp³-hybridized carbons (Fsp3) is 0.286. The number of nitrogens with two attached hydrogens (primary N) is 1. The van der Waals surface area contributed by atoms with Crippen molar-refractivity contribution in [1.29, 1.82) is 0 Å². The van der Waals surface area contributed by atoms with E-state index in [9.17, 15) is 9.59 Å². The molecule has 0 aliphatic rings. The van der Waals surface area contributed by atoms with Gasteiger partial charge in [0.2, 0.25) is 5.91 Å². The summed E-state index contributed by atoms with van der Waals surface area (Å²) in [7, 11) is 0. The first kappa shape index (κ1) is 14.7. The predicted octanol–water partition coefficient (Wildman–Crippen LogP) is 0.933. The van der Waals surface area contributed by atoms with Crippen molar-refractivity contribution in [3.05, 3.63) is 30.1 Å². The predicted molar refractivity (Wildman–Crippen MR) is 77.8 cm³/mol. The van der Waals surface area contributed by atoms with Crippen molar-refractivity contribution in [2.75, 3.05) is 5.32 Å². The van der Waals surface area contributed by atoms with Crippen LogP contribution in [0.3, 0.4) is 0 Å². The van der Waals surface area contributed by atoms with Crippen LogP contribution in [0.4, 0.5) is 5.82 Å². The number of anilines is 1. The minimum atomic E-state index is -1.16. The molecule has 4 N–H and O–H groups in total. The van der Waals surface area contributed by atoms with Gasteiger partial charge in [-0.05, 0) is 24.1 Å². The van der Waals surface area contributed by atoms with Gasteiger partial charge >= 0.3 is 5.97 Å². The monoisotopic (exact) mass is 288 g/mol.